The van der Waals surface area contributed by atoms with E-state index < -0.39 is 10.0 Å². The summed E-state index contributed by atoms with van der Waals surface area (Å²) in [7, 11) is -3.80. The number of sulfonamides is 1. The zero-order valence-corrected chi connectivity index (χ0v) is 16.6. The summed E-state index contributed by atoms with van der Waals surface area (Å²) in [6.07, 6.45) is 3.66. The third kappa shape index (κ3) is 3.54. The van der Waals surface area contributed by atoms with Gasteiger partial charge in [-0.2, -0.15) is 8.42 Å². The van der Waals surface area contributed by atoms with E-state index in [0.717, 1.165) is 31.4 Å². The minimum absolute atomic E-state index is 0.109. The number of anilines is 1. The first-order valence-corrected chi connectivity index (χ1v) is 11.0. The minimum Gasteiger partial charge on any atom is -0.346 e. The lowest BCUT2D eigenvalue weighted by Gasteiger charge is -2.29. The van der Waals surface area contributed by atoms with E-state index in [1.54, 1.807) is 12.1 Å². The highest BCUT2D eigenvalue weighted by molar-refractivity contribution is 7.90. The molecule has 1 atom stereocenters. The summed E-state index contributed by atoms with van der Waals surface area (Å²) in [5, 5.41) is 2.93. The number of hydrogen-bond acceptors (Lipinski definition) is 4. The number of nitrogens with zero attached hydrogens (tertiary/aromatic N) is 2. The van der Waals surface area contributed by atoms with E-state index in [0.29, 0.717) is 23.5 Å². The molecule has 0 aliphatic carbocycles. The van der Waals surface area contributed by atoms with E-state index >= 15 is 0 Å². The summed E-state index contributed by atoms with van der Waals surface area (Å²) in [6.45, 7) is 2.65. The SMILES string of the molecule is C[C@H](NC(=O)c1ccc2c(c1)S(=O)(=O)N=C1CCCCCN12)c1ccccc1. The quantitative estimate of drug-likeness (QED) is 0.857. The van der Waals surface area contributed by atoms with Crippen LogP contribution < -0.4 is 10.2 Å². The molecule has 2 heterocycles. The molecule has 2 aromatic carbocycles. The van der Waals surface area contributed by atoms with Gasteiger partial charge in [0.15, 0.2) is 0 Å². The standard InChI is InChI=1S/C21H23N3O3S/c1-15(16-8-4-2-5-9-16)22-21(25)17-11-12-18-19(14-17)28(26,27)23-20-10-6-3-7-13-24(18)20/h2,4-5,8-9,11-12,14-15H,3,6-7,10,13H2,1H3,(H,22,25)/t15-/m0/s1. The molecular weight excluding hydrogens is 374 g/mol. The average molecular weight is 398 g/mol. The summed E-state index contributed by atoms with van der Waals surface area (Å²) in [4.78, 5) is 14.8. The van der Waals surface area contributed by atoms with Gasteiger partial charge in [0, 0.05) is 18.5 Å². The topological polar surface area (TPSA) is 78.8 Å². The van der Waals surface area contributed by atoms with Crippen LogP contribution in [0, 0.1) is 0 Å². The van der Waals surface area contributed by atoms with E-state index in [1.807, 2.05) is 42.2 Å². The molecule has 7 heteroatoms. The summed E-state index contributed by atoms with van der Waals surface area (Å²) in [6, 6.07) is 14.3. The third-order valence-corrected chi connectivity index (χ3v) is 6.59. The van der Waals surface area contributed by atoms with E-state index in [4.69, 9.17) is 0 Å². The van der Waals surface area contributed by atoms with Crippen LogP contribution in [-0.4, -0.2) is 26.7 Å². The van der Waals surface area contributed by atoms with Gasteiger partial charge in [-0.3, -0.25) is 4.79 Å². The second kappa shape index (κ2) is 7.39. The van der Waals surface area contributed by atoms with Crippen molar-refractivity contribution in [1.29, 1.82) is 0 Å². The Labute approximate surface area is 165 Å². The lowest BCUT2D eigenvalue weighted by atomic mass is 10.1. The van der Waals surface area contributed by atoms with Crippen LogP contribution in [0.5, 0.6) is 0 Å². The zero-order valence-electron chi connectivity index (χ0n) is 15.8. The molecule has 2 aliphatic rings. The fraction of sp³-hybridized carbons (Fsp3) is 0.333. The van der Waals surface area contributed by atoms with E-state index in [9.17, 15) is 13.2 Å². The van der Waals surface area contributed by atoms with Crippen molar-refractivity contribution in [3.63, 3.8) is 0 Å². The lowest BCUT2D eigenvalue weighted by molar-refractivity contribution is 0.0939. The summed E-state index contributed by atoms with van der Waals surface area (Å²) < 4.78 is 29.5. The van der Waals surface area contributed by atoms with Crippen molar-refractivity contribution >= 4 is 27.5 Å². The van der Waals surface area contributed by atoms with E-state index in [2.05, 4.69) is 9.71 Å². The van der Waals surface area contributed by atoms with Crippen molar-refractivity contribution in [3.8, 4) is 0 Å². The highest BCUT2D eigenvalue weighted by Crippen LogP contribution is 2.35. The molecule has 0 aromatic heterocycles. The molecule has 0 spiro atoms. The van der Waals surface area contributed by atoms with Crippen molar-refractivity contribution in [2.75, 3.05) is 11.4 Å². The van der Waals surface area contributed by atoms with E-state index in [-0.39, 0.29) is 16.8 Å². The largest absolute Gasteiger partial charge is 0.346 e. The molecule has 28 heavy (non-hydrogen) atoms. The molecular formula is C21H23N3O3S. The first-order chi connectivity index (χ1) is 13.5. The normalized spacial score (nSPS) is 18.9. The third-order valence-electron chi connectivity index (χ3n) is 5.26. The molecule has 2 aliphatic heterocycles. The molecule has 0 radical (unpaired) electrons. The van der Waals surface area contributed by atoms with Gasteiger partial charge in [-0.05, 0) is 43.5 Å². The van der Waals surface area contributed by atoms with Crippen LogP contribution in [0.25, 0.3) is 0 Å². The Kier molecular flexibility index (Phi) is 4.93. The van der Waals surface area contributed by atoms with Crippen molar-refractivity contribution in [3.05, 3.63) is 59.7 Å². The molecule has 6 nitrogen and oxygen atoms in total. The number of nitrogens with one attached hydrogen (secondary N) is 1. The number of carbonyl (C=O) groups is 1. The van der Waals surface area contributed by atoms with Gasteiger partial charge in [-0.25, -0.2) is 0 Å². The van der Waals surface area contributed by atoms with Crippen molar-refractivity contribution in [1.82, 2.24) is 5.32 Å². The lowest BCUT2D eigenvalue weighted by Crippen LogP contribution is -2.35. The van der Waals surface area contributed by atoms with Crippen LogP contribution in [-0.2, 0) is 10.0 Å². The number of carbonyl (C=O) groups excluding carboxylic acids is 1. The fourth-order valence-electron chi connectivity index (χ4n) is 3.73. The van der Waals surface area contributed by atoms with Gasteiger partial charge < -0.3 is 10.2 Å². The maximum Gasteiger partial charge on any atom is 0.286 e. The summed E-state index contributed by atoms with van der Waals surface area (Å²) in [5.74, 6) is 0.305. The van der Waals surface area contributed by atoms with E-state index in [1.165, 1.54) is 6.07 Å². The van der Waals surface area contributed by atoms with Gasteiger partial charge in [0.25, 0.3) is 15.9 Å². The second-order valence-corrected chi connectivity index (χ2v) is 8.81. The number of hydrogen-bond donors (Lipinski definition) is 1. The van der Waals surface area contributed by atoms with Crippen LogP contribution >= 0.6 is 0 Å². The molecule has 4 rings (SSSR count). The fourth-order valence-corrected chi connectivity index (χ4v) is 5.01. The highest BCUT2D eigenvalue weighted by atomic mass is 32.2. The monoisotopic (exact) mass is 397 g/mol. The number of benzene rings is 2. The Morgan fingerprint density at radius 1 is 1.11 bits per heavy atom. The molecule has 1 N–H and O–H groups in total. The molecule has 2 aromatic rings. The first-order valence-electron chi connectivity index (χ1n) is 9.57. The van der Waals surface area contributed by atoms with Gasteiger partial charge in [-0.15, -0.1) is 4.40 Å². The molecule has 1 amide bonds. The Bertz CT molecular complexity index is 1030. The smallest absolute Gasteiger partial charge is 0.286 e. The van der Waals surface area contributed by atoms with Gasteiger partial charge in [0.2, 0.25) is 0 Å². The van der Waals surface area contributed by atoms with Gasteiger partial charge in [-0.1, -0.05) is 36.8 Å². The maximum atomic E-state index is 12.7. The predicted molar refractivity (Wildman–Crippen MR) is 109 cm³/mol. The van der Waals surface area contributed by atoms with Crippen molar-refractivity contribution in [2.45, 2.75) is 43.5 Å². The summed E-state index contributed by atoms with van der Waals surface area (Å²) in [5.41, 5.74) is 1.93. The maximum absolute atomic E-state index is 12.7. The summed E-state index contributed by atoms with van der Waals surface area (Å²) >= 11 is 0. The molecule has 0 bridgehead atoms. The van der Waals surface area contributed by atoms with Crippen LogP contribution in [0.15, 0.2) is 57.8 Å². The first kappa shape index (κ1) is 18.7. The zero-order chi connectivity index (χ0) is 19.7. The Morgan fingerprint density at radius 3 is 2.68 bits per heavy atom. The number of rotatable bonds is 3. The molecule has 1 fully saturated rings. The molecule has 1 saturated heterocycles. The van der Waals surface area contributed by atoms with Gasteiger partial charge in [0.05, 0.1) is 11.7 Å². The predicted octanol–water partition coefficient (Wildman–Crippen LogP) is 3.66. The molecule has 146 valence electrons. The highest BCUT2D eigenvalue weighted by Gasteiger charge is 2.32. The number of amides is 1. The Balaban J connectivity index is 1.63. The number of fused-ring (bicyclic) bond motifs is 3. The van der Waals surface area contributed by atoms with Crippen molar-refractivity contribution < 1.29 is 13.2 Å². The van der Waals surface area contributed by atoms with Crippen LogP contribution in [0.1, 0.15) is 54.6 Å². The van der Waals surface area contributed by atoms with Crippen LogP contribution in [0.4, 0.5) is 5.69 Å². The van der Waals surface area contributed by atoms with Gasteiger partial charge >= 0.3 is 0 Å². The minimum atomic E-state index is -3.80. The second-order valence-electron chi connectivity index (χ2n) is 7.23. The van der Waals surface area contributed by atoms with Crippen LogP contribution in [0.3, 0.4) is 0 Å². The Hall–Kier alpha value is -2.67. The van der Waals surface area contributed by atoms with Crippen LogP contribution in [0.2, 0.25) is 0 Å². The van der Waals surface area contributed by atoms with Gasteiger partial charge in [0.1, 0.15) is 10.7 Å². The molecule has 0 saturated carbocycles. The average Bonchev–Trinajstić information content (AvgIpc) is 2.93. The number of amidine groups is 1. The molecule has 0 unspecified atom stereocenters. The Morgan fingerprint density at radius 2 is 1.89 bits per heavy atom. The van der Waals surface area contributed by atoms with Crippen molar-refractivity contribution in [2.24, 2.45) is 4.40 Å².